The van der Waals surface area contributed by atoms with Gasteiger partial charge in [-0.2, -0.15) is 5.26 Å². The normalized spacial score (nSPS) is 18.7. The van der Waals surface area contributed by atoms with E-state index in [0.717, 1.165) is 19.3 Å². The van der Waals surface area contributed by atoms with Gasteiger partial charge >= 0.3 is 0 Å². The molecule has 16 heavy (non-hydrogen) atoms. The summed E-state index contributed by atoms with van der Waals surface area (Å²) in [6.07, 6.45) is 7.49. The van der Waals surface area contributed by atoms with Crippen molar-refractivity contribution in [2.75, 3.05) is 5.32 Å². The molecule has 1 aliphatic rings. The second-order valence-corrected chi connectivity index (χ2v) is 4.15. The van der Waals surface area contributed by atoms with Crippen molar-refractivity contribution >= 4 is 11.9 Å². The summed E-state index contributed by atoms with van der Waals surface area (Å²) in [6, 6.07) is 2.18. The first kappa shape index (κ1) is 10.7. The third-order valence-corrected chi connectivity index (χ3v) is 3.09. The largest absolute Gasteiger partial charge is 0.331 e. The Balaban J connectivity index is 2.10. The molecule has 0 spiro atoms. The Hall–Kier alpha value is -1.83. The molecule has 5 nitrogen and oxygen atoms in total. The Bertz CT molecular complexity index is 398. The van der Waals surface area contributed by atoms with Crippen LogP contribution in [0.2, 0.25) is 0 Å². The molecule has 0 radical (unpaired) electrons. The average molecular weight is 218 g/mol. The predicted octanol–water partition coefficient (Wildman–Crippen LogP) is 1.82. The molecule has 0 unspecified atom stereocenters. The van der Waals surface area contributed by atoms with E-state index in [2.05, 4.69) is 21.4 Å². The molecular formula is C11H14N4O. The summed E-state index contributed by atoms with van der Waals surface area (Å²) in [5.41, 5.74) is -0.856. The number of carbonyl (C=O) groups excluding carboxylic acids is 1. The number of H-pyrrole nitrogens is 1. The van der Waals surface area contributed by atoms with Gasteiger partial charge in [-0.15, -0.1) is 0 Å². The molecule has 1 aromatic heterocycles. The summed E-state index contributed by atoms with van der Waals surface area (Å²) in [7, 11) is 0. The van der Waals surface area contributed by atoms with Gasteiger partial charge in [-0.1, -0.05) is 19.3 Å². The maximum absolute atomic E-state index is 12.0. The number of amides is 1. The zero-order valence-electron chi connectivity index (χ0n) is 8.99. The number of anilines is 1. The van der Waals surface area contributed by atoms with Gasteiger partial charge < -0.3 is 4.98 Å². The highest BCUT2D eigenvalue weighted by Gasteiger charge is 2.40. The number of nitrogens with zero attached hydrogens (tertiary/aromatic N) is 2. The molecule has 0 aromatic carbocycles. The maximum atomic E-state index is 12.0. The molecular weight excluding hydrogens is 204 g/mol. The lowest BCUT2D eigenvalue weighted by atomic mass is 9.74. The zero-order chi connectivity index (χ0) is 11.4. The van der Waals surface area contributed by atoms with Crippen LogP contribution in [0.5, 0.6) is 0 Å². The average Bonchev–Trinajstić information content (AvgIpc) is 2.82. The van der Waals surface area contributed by atoms with Gasteiger partial charge in [0.05, 0.1) is 6.07 Å². The smallest absolute Gasteiger partial charge is 0.247 e. The zero-order valence-corrected chi connectivity index (χ0v) is 8.99. The van der Waals surface area contributed by atoms with Crippen LogP contribution in [0, 0.1) is 16.7 Å². The molecule has 1 aliphatic carbocycles. The predicted molar refractivity (Wildman–Crippen MR) is 58.3 cm³/mol. The van der Waals surface area contributed by atoms with E-state index >= 15 is 0 Å². The number of aromatic nitrogens is 2. The third kappa shape index (κ3) is 1.91. The van der Waals surface area contributed by atoms with Gasteiger partial charge in [0.25, 0.3) is 0 Å². The molecule has 84 valence electrons. The van der Waals surface area contributed by atoms with Crippen LogP contribution in [0.1, 0.15) is 32.1 Å². The quantitative estimate of drug-likeness (QED) is 0.794. The Kier molecular flexibility index (Phi) is 2.91. The molecule has 2 N–H and O–H groups in total. The van der Waals surface area contributed by atoms with Crippen LogP contribution >= 0.6 is 0 Å². The first-order valence-electron chi connectivity index (χ1n) is 5.49. The monoisotopic (exact) mass is 218 g/mol. The van der Waals surface area contributed by atoms with E-state index in [1.54, 1.807) is 12.4 Å². The van der Waals surface area contributed by atoms with Crippen molar-refractivity contribution in [1.29, 1.82) is 5.26 Å². The topological polar surface area (TPSA) is 81.6 Å². The number of hydrogen-bond acceptors (Lipinski definition) is 3. The van der Waals surface area contributed by atoms with E-state index in [9.17, 15) is 10.1 Å². The van der Waals surface area contributed by atoms with Crippen LogP contribution in [0.4, 0.5) is 5.95 Å². The molecule has 0 atom stereocenters. The second kappa shape index (κ2) is 4.35. The second-order valence-electron chi connectivity index (χ2n) is 4.15. The van der Waals surface area contributed by atoms with Crippen LogP contribution in [0.15, 0.2) is 12.4 Å². The Labute approximate surface area is 93.9 Å². The van der Waals surface area contributed by atoms with Gasteiger partial charge in [-0.05, 0) is 12.8 Å². The van der Waals surface area contributed by atoms with E-state index in [4.69, 9.17) is 0 Å². The van der Waals surface area contributed by atoms with Crippen LogP contribution in [-0.2, 0) is 4.79 Å². The lowest BCUT2D eigenvalue weighted by molar-refractivity contribution is -0.124. The van der Waals surface area contributed by atoms with Gasteiger partial charge in [-0.3, -0.25) is 10.1 Å². The first-order chi connectivity index (χ1) is 7.77. The van der Waals surface area contributed by atoms with Crippen molar-refractivity contribution in [1.82, 2.24) is 9.97 Å². The van der Waals surface area contributed by atoms with Gasteiger partial charge in [0.15, 0.2) is 0 Å². The van der Waals surface area contributed by atoms with E-state index < -0.39 is 5.41 Å². The van der Waals surface area contributed by atoms with Crippen LogP contribution in [-0.4, -0.2) is 15.9 Å². The fourth-order valence-corrected chi connectivity index (χ4v) is 2.11. The number of aromatic amines is 1. The van der Waals surface area contributed by atoms with Crippen molar-refractivity contribution in [2.45, 2.75) is 32.1 Å². The fraction of sp³-hybridized carbons (Fsp3) is 0.545. The molecule has 5 heteroatoms. The number of imidazole rings is 1. The van der Waals surface area contributed by atoms with Gasteiger partial charge in [0.1, 0.15) is 5.41 Å². The first-order valence-corrected chi connectivity index (χ1v) is 5.49. The molecule has 1 heterocycles. The number of nitrogens with one attached hydrogen (secondary N) is 2. The van der Waals surface area contributed by atoms with Crippen LogP contribution in [0.3, 0.4) is 0 Å². The van der Waals surface area contributed by atoms with Crippen molar-refractivity contribution in [3.8, 4) is 6.07 Å². The summed E-state index contributed by atoms with van der Waals surface area (Å²) in [5.74, 6) is 0.176. The minimum absolute atomic E-state index is 0.232. The van der Waals surface area contributed by atoms with E-state index in [1.165, 1.54) is 0 Å². The summed E-state index contributed by atoms with van der Waals surface area (Å²) < 4.78 is 0. The van der Waals surface area contributed by atoms with E-state index in [-0.39, 0.29) is 5.91 Å². The van der Waals surface area contributed by atoms with Crippen molar-refractivity contribution in [3.05, 3.63) is 12.4 Å². The number of carbonyl (C=O) groups is 1. The lowest BCUT2D eigenvalue weighted by Crippen LogP contribution is -2.37. The highest BCUT2D eigenvalue weighted by molar-refractivity contribution is 5.96. The van der Waals surface area contributed by atoms with Crippen LogP contribution < -0.4 is 5.32 Å². The lowest BCUT2D eigenvalue weighted by Gasteiger charge is -2.28. The number of nitriles is 1. The molecule has 1 aromatic rings. The fourth-order valence-electron chi connectivity index (χ4n) is 2.11. The third-order valence-electron chi connectivity index (χ3n) is 3.09. The molecule has 0 bridgehead atoms. The SMILES string of the molecule is N#CC1(C(=O)Nc2ncc[nH]2)CCCCC1. The highest BCUT2D eigenvalue weighted by Crippen LogP contribution is 2.36. The van der Waals surface area contributed by atoms with Crippen molar-refractivity contribution in [2.24, 2.45) is 5.41 Å². The minimum Gasteiger partial charge on any atom is -0.331 e. The number of rotatable bonds is 2. The minimum atomic E-state index is -0.856. The van der Waals surface area contributed by atoms with Gasteiger partial charge in [0, 0.05) is 12.4 Å². The summed E-state index contributed by atoms with van der Waals surface area (Å²) in [5, 5.41) is 11.9. The molecule has 1 fully saturated rings. The van der Waals surface area contributed by atoms with E-state index in [0.29, 0.717) is 18.8 Å². The molecule has 1 amide bonds. The highest BCUT2D eigenvalue weighted by atomic mass is 16.2. The molecule has 1 saturated carbocycles. The summed E-state index contributed by atoms with van der Waals surface area (Å²) >= 11 is 0. The van der Waals surface area contributed by atoms with Crippen molar-refractivity contribution in [3.63, 3.8) is 0 Å². The standard InChI is InChI=1S/C11H14N4O/c12-8-11(4-2-1-3-5-11)9(16)15-10-13-6-7-14-10/h6-7H,1-5H2,(H2,13,14,15,16). The Morgan fingerprint density at radius 2 is 2.25 bits per heavy atom. The molecule has 0 aliphatic heterocycles. The molecule has 2 rings (SSSR count). The van der Waals surface area contributed by atoms with Gasteiger partial charge in [-0.25, -0.2) is 4.98 Å². The van der Waals surface area contributed by atoms with Crippen molar-refractivity contribution < 1.29 is 4.79 Å². The van der Waals surface area contributed by atoms with Gasteiger partial charge in [0.2, 0.25) is 11.9 Å². The Morgan fingerprint density at radius 3 is 2.81 bits per heavy atom. The maximum Gasteiger partial charge on any atom is 0.247 e. The number of hydrogen-bond donors (Lipinski definition) is 2. The summed E-state index contributed by atoms with van der Waals surface area (Å²) in [6.45, 7) is 0. The van der Waals surface area contributed by atoms with Crippen LogP contribution in [0.25, 0.3) is 0 Å². The Morgan fingerprint density at radius 1 is 1.50 bits per heavy atom. The van der Waals surface area contributed by atoms with E-state index in [1.807, 2.05) is 0 Å². The summed E-state index contributed by atoms with van der Waals surface area (Å²) in [4.78, 5) is 18.7. The molecule has 0 saturated heterocycles.